The molecule has 96 valence electrons. The van der Waals surface area contributed by atoms with Crippen molar-refractivity contribution in [1.29, 1.82) is 0 Å². The van der Waals surface area contributed by atoms with Crippen LogP contribution in [0.2, 0.25) is 5.15 Å². The van der Waals surface area contributed by atoms with Gasteiger partial charge in [-0.15, -0.1) is 0 Å². The topological polar surface area (TPSA) is 47.1 Å². The van der Waals surface area contributed by atoms with Gasteiger partial charge in [-0.05, 0) is 14.0 Å². The summed E-state index contributed by atoms with van der Waals surface area (Å²) in [6.07, 6.45) is 0. The standard InChI is InChI=1S/C11H19ClN4S/c1-7(11(13)17)5-15(3)6-9-8(2)14-16(4)10(9)12/h7H,5-6H2,1-4H3,(H2,13,17). The van der Waals surface area contributed by atoms with E-state index in [1.807, 2.05) is 27.9 Å². The second-order valence-corrected chi connectivity index (χ2v) is 5.31. The van der Waals surface area contributed by atoms with E-state index in [9.17, 15) is 0 Å². The van der Waals surface area contributed by atoms with Crippen LogP contribution in [0.5, 0.6) is 0 Å². The van der Waals surface area contributed by atoms with Crippen molar-refractivity contribution in [3.8, 4) is 0 Å². The fraction of sp³-hybridized carbons (Fsp3) is 0.636. The summed E-state index contributed by atoms with van der Waals surface area (Å²) in [6, 6.07) is 0. The average Bonchev–Trinajstić information content (AvgIpc) is 2.45. The second kappa shape index (κ2) is 5.80. The van der Waals surface area contributed by atoms with Crippen LogP contribution < -0.4 is 5.73 Å². The van der Waals surface area contributed by atoms with Gasteiger partial charge in [-0.3, -0.25) is 4.68 Å². The summed E-state index contributed by atoms with van der Waals surface area (Å²) in [6.45, 7) is 5.56. The Kier molecular flexibility index (Phi) is 4.91. The zero-order valence-electron chi connectivity index (χ0n) is 10.7. The zero-order chi connectivity index (χ0) is 13.2. The number of rotatable bonds is 5. The number of nitrogens with zero attached hydrogens (tertiary/aromatic N) is 3. The van der Waals surface area contributed by atoms with Gasteiger partial charge in [0.15, 0.2) is 0 Å². The molecule has 0 saturated carbocycles. The van der Waals surface area contributed by atoms with Gasteiger partial charge in [0.25, 0.3) is 0 Å². The summed E-state index contributed by atoms with van der Waals surface area (Å²) < 4.78 is 1.69. The first-order chi connectivity index (χ1) is 7.82. The number of aromatic nitrogens is 2. The minimum Gasteiger partial charge on any atom is -0.393 e. The van der Waals surface area contributed by atoms with Crippen LogP contribution in [0.4, 0.5) is 0 Å². The molecule has 0 bridgehead atoms. The lowest BCUT2D eigenvalue weighted by molar-refractivity contribution is 0.307. The normalized spacial score (nSPS) is 13.1. The van der Waals surface area contributed by atoms with Crippen molar-refractivity contribution < 1.29 is 0 Å². The van der Waals surface area contributed by atoms with Crippen molar-refractivity contribution in [3.63, 3.8) is 0 Å². The first kappa shape index (κ1) is 14.4. The molecule has 17 heavy (non-hydrogen) atoms. The van der Waals surface area contributed by atoms with Gasteiger partial charge in [-0.1, -0.05) is 30.7 Å². The van der Waals surface area contributed by atoms with Crippen LogP contribution >= 0.6 is 23.8 Å². The first-order valence-corrected chi connectivity index (χ1v) is 6.27. The zero-order valence-corrected chi connectivity index (χ0v) is 12.3. The molecule has 6 heteroatoms. The van der Waals surface area contributed by atoms with Gasteiger partial charge in [-0.25, -0.2) is 0 Å². The van der Waals surface area contributed by atoms with Gasteiger partial charge in [0.05, 0.1) is 10.7 Å². The van der Waals surface area contributed by atoms with Crippen LogP contribution in [0.15, 0.2) is 0 Å². The summed E-state index contributed by atoms with van der Waals surface area (Å²) in [7, 11) is 3.87. The van der Waals surface area contributed by atoms with Crippen LogP contribution in [0, 0.1) is 12.8 Å². The van der Waals surface area contributed by atoms with Crippen molar-refractivity contribution in [2.45, 2.75) is 20.4 Å². The van der Waals surface area contributed by atoms with E-state index >= 15 is 0 Å². The van der Waals surface area contributed by atoms with E-state index < -0.39 is 0 Å². The maximum Gasteiger partial charge on any atom is 0.131 e. The molecule has 0 amide bonds. The van der Waals surface area contributed by atoms with E-state index in [4.69, 9.17) is 29.6 Å². The van der Waals surface area contributed by atoms with E-state index in [2.05, 4.69) is 10.00 Å². The Balaban J connectivity index is 2.68. The number of thiocarbonyl (C=S) groups is 1. The highest BCUT2D eigenvalue weighted by atomic mass is 35.5. The molecule has 0 aliphatic rings. The predicted octanol–water partition coefficient (Wildman–Crippen LogP) is 1.74. The third kappa shape index (κ3) is 3.66. The molecule has 1 atom stereocenters. The van der Waals surface area contributed by atoms with Crippen LogP contribution in [0.1, 0.15) is 18.2 Å². The SMILES string of the molecule is Cc1nn(C)c(Cl)c1CN(C)CC(C)C(N)=S. The Morgan fingerprint density at radius 1 is 1.65 bits per heavy atom. The molecule has 4 nitrogen and oxygen atoms in total. The lowest BCUT2D eigenvalue weighted by Gasteiger charge is -2.20. The van der Waals surface area contributed by atoms with E-state index in [0.29, 0.717) is 10.1 Å². The molecule has 0 aliphatic carbocycles. The van der Waals surface area contributed by atoms with Gasteiger partial charge in [0.2, 0.25) is 0 Å². The molecule has 0 radical (unpaired) electrons. The molecule has 1 rings (SSSR count). The minimum absolute atomic E-state index is 0.200. The van der Waals surface area contributed by atoms with E-state index in [0.717, 1.165) is 24.3 Å². The van der Waals surface area contributed by atoms with Crippen LogP contribution in [0.3, 0.4) is 0 Å². The van der Waals surface area contributed by atoms with Crippen LogP contribution in [0.25, 0.3) is 0 Å². The lowest BCUT2D eigenvalue weighted by atomic mass is 10.1. The number of nitrogens with two attached hydrogens (primary N) is 1. The summed E-state index contributed by atoms with van der Waals surface area (Å²) in [5.41, 5.74) is 7.63. The summed E-state index contributed by atoms with van der Waals surface area (Å²) in [5.74, 6) is 0.200. The van der Waals surface area contributed by atoms with Crippen molar-refractivity contribution in [3.05, 3.63) is 16.4 Å². The Labute approximate surface area is 113 Å². The molecule has 1 unspecified atom stereocenters. The Morgan fingerprint density at radius 2 is 2.24 bits per heavy atom. The molecule has 2 N–H and O–H groups in total. The van der Waals surface area contributed by atoms with Crippen molar-refractivity contribution in [1.82, 2.24) is 14.7 Å². The van der Waals surface area contributed by atoms with Gasteiger partial charge < -0.3 is 10.6 Å². The molecular weight excluding hydrogens is 256 g/mol. The molecule has 1 heterocycles. The van der Waals surface area contributed by atoms with Crippen molar-refractivity contribution in [2.75, 3.05) is 13.6 Å². The predicted molar refractivity (Wildman–Crippen MR) is 75.2 cm³/mol. The number of halogens is 1. The minimum atomic E-state index is 0.200. The highest BCUT2D eigenvalue weighted by molar-refractivity contribution is 7.80. The highest BCUT2D eigenvalue weighted by Crippen LogP contribution is 2.20. The van der Waals surface area contributed by atoms with Gasteiger partial charge >= 0.3 is 0 Å². The van der Waals surface area contributed by atoms with Gasteiger partial charge in [-0.2, -0.15) is 5.10 Å². The highest BCUT2D eigenvalue weighted by Gasteiger charge is 2.15. The van der Waals surface area contributed by atoms with Crippen molar-refractivity contribution in [2.24, 2.45) is 18.7 Å². The van der Waals surface area contributed by atoms with Gasteiger partial charge in [0, 0.05) is 31.6 Å². The van der Waals surface area contributed by atoms with Gasteiger partial charge in [0.1, 0.15) is 5.15 Å². The molecular formula is C11H19ClN4S. The Morgan fingerprint density at radius 3 is 2.65 bits per heavy atom. The fourth-order valence-corrected chi connectivity index (χ4v) is 2.05. The molecule has 1 aromatic rings. The fourth-order valence-electron chi connectivity index (χ4n) is 1.75. The molecule has 0 aromatic carbocycles. The quantitative estimate of drug-likeness (QED) is 0.831. The van der Waals surface area contributed by atoms with Crippen LogP contribution in [-0.2, 0) is 13.6 Å². The summed E-state index contributed by atoms with van der Waals surface area (Å²) in [5, 5.41) is 4.98. The third-order valence-corrected chi connectivity index (χ3v) is 3.64. The Hall–Kier alpha value is -0.650. The second-order valence-electron chi connectivity index (χ2n) is 4.48. The molecule has 0 aliphatic heterocycles. The maximum atomic E-state index is 6.18. The number of hydrogen-bond donors (Lipinski definition) is 1. The average molecular weight is 275 g/mol. The van der Waals surface area contributed by atoms with E-state index in [1.165, 1.54) is 0 Å². The number of hydrogen-bond acceptors (Lipinski definition) is 3. The van der Waals surface area contributed by atoms with Crippen molar-refractivity contribution >= 4 is 28.8 Å². The molecule has 1 aromatic heterocycles. The third-order valence-electron chi connectivity index (χ3n) is 2.77. The maximum absolute atomic E-state index is 6.18. The first-order valence-electron chi connectivity index (χ1n) is 5.48. The largest absolute Gasteiger partial charge is 0.393 e. The monoisotopic (exact) mass is 274 g/mol. The van der Waals surface area contributed by atoms with Crippen LogP contribution in [-0.4, -0.2) is 33.3 Å². The smallest absolute Gasteiger partial charge is 0.131 e. The molecule has 0 saturated heterocycles. The Bertz CT molecular complexity index is 416. The van der Waals surface area contributed by atoms with E-state index in [1.54, 1.807) is 4.68 Å². The lowest BCUT2D eigenvalue weighted by Crippen LogP contribution is -2.31. The summed E-state index contributed by atoms with van der Waals surface area (Å²) >= 11 is 11.1. The number of aryl methyl sites for hydroxylation is 2. The van der Waals surface area contributed by atoms with E-state index in [-0.39, 0.29) is 5.92 Å². The molecule has 0 fully saturated rings. The summed E-state index contributed by atoms with van der Waals surface area (Å²) in [4.78, 5) is 2.70. The molecule has 0 spiro atoms.